The van der Waals surface area contributed by atoms with E-state index < -0.39 is 0 Å². The zero-order chi connectivity index (χ0) is 11.9. The van der Waals surface area contributed by atoms with Crippen molar-refractivity contribution < 1.29 is 4.74 Å². The molecule has 1 aromatic carbocycles. The van der Waals surface area contributed by atoms with Crippen LogP contribution < -0.4 is 4.74 Å². The third-order valence-electron chi connectivity index (χ3n) is 2.06. The van der Waals surface area contributed by atoms with Crippen molar-refractivity contribution in [1.29, 1.82) is 5.26 Å². The Bertz CT molecular complexity index is 505. The van der Waals surface area contributed by atoms with E-state index in [4.69, 9.17) is 10.00 Å². The first-order valence-electron chi connectivity index (χ1n) is 5.14. The number of ether oxygens (including phenoxy) is 1. The third kappa shape index (κ3) is 3.26. The van der Waals surface area contributed by atoms with Gasteiger partial charge in [-0.3, -0.25) is 0 Å². The molecular formula is C12H11N3OS. The number of para-hydroxylation sites is 1. The van der Waals surface area contributed by atoms with Crippen molar-refractivity contribution in [3.63, 3.8) is 0 Å². The molecule has 4 nitrogen and oxygen atoms in total. The van der Waals surface area contributed by atoms with Gasteiger partial charge < -0.3 is 9.72 Å². The number of benzene rings is 1. The molecule has 17 heavy (non-hydrogen) atoms. The standard InChI is InChI=1S/C12H11N3OS/c13-9-10-3-1-2-4-11(10)16-7-8-17-12-14-5-6-15-12/h1-6H,7-8H2,(H,14,15). The molecule has 0 spiro atoms. The largest absolute Gasteiger partial charge is 0.491 e. The molecule has 5 heteroatoms. The first-order chi connectivity index (χ1) is 8.40. The lowest BCUT2D eigenvalue weighted by molar-refractivity contribution is 0.343. The normalized spacial score (nSPS) is 9.82. The maximum atomic E-state index is 8.87. The third-order valence-corrected chi connectivity index (χ3v) is 2.93. The second-order valence-corrected chi connectivity index (χ2v) is 4.28. The fraction of sp³-hybridized carbons (Fsp3) is 0.167. The van der Waals surface area contributed by atoms with Gasteiger partial charge in [-0.1, -0.05) is 23.9 Å². The molecule has 1 N–H and O–H groups in total. The Kier molecular flexibility index (Phi) is 4.05. The molecule has 0 bridgehead atoms. The first kappa shape index (κ1) is 11.6. The minimum absolute atomic E-state index is 0.546. The summed E-state index contributed by atoms with van der Waals surface area (Å²) >= 11 is 1.59. The van der Waals surface area contributed by atoms with Crippen LogP contribution in [0.1, 0.15) is 5.56 Å². The highest BCUT2D eigenvalue weighted by atomic mass is 32.2. The Labute approximate surface area is 104 Å². The van der Waals surface area contributed by atoms with Crippen molar-refractivity contribution in [2.24, 2.45) is 0 Å². The Hall–Kier alpha value is -1.93. The van der Waals surface area contributed by atoms with Crippen molar-refractivity contribution in [1.82, 2.24) is 9.97 Å². The summed E-state index contributed by atoms with van der Waals surface area (Å²) in [6, 6.07) is 9.33. The summed E-state index contributed by atoms with van der Waals surface area (Å²) in [7, 11) is 0. The lowest BCUT2D eigenvalue weighted by Gasteiger charge is -2.06. The predicted molar refractivity (Wildman–Crippen MR) is 66.0 cm³/mol. The second-order valence-electron chi connectivity index (χ2n) is 3.20. The molecule has 0 unspecified atom stereocenters. The number of nitrogens with zero attached hydrogens (tertiary/aromatic N) is 2. The van der Waals surface area contributed by atoms with E-state index in [-0.39, 0.29) is 0 Å². The Balaban J connectivity index is 1.80. The van der Waals surface area contributed by atoms with Crippen LogP contribution in [0.15, 0.2) is 41.8 Å². The minimum Gasteiger partial charge on any atom is -0.491 e. The van der Waals surface area contributed by atoms with Gasteiger partial charge in [-0.15, -0.1) is 0 Å². The monoisotopic (exact) mass is 245 g/mol. The smallest absolute Gasteiger partial charge is 0.165 e. The van der Waals surface area contributed by atoms with E-state index in [1.54, 1.807) is 36.3 Å². The Morgan fingerprint density at radius 2 is 2.29 bits per heavy atom. The van der Waals surface area contributed by atoms with Crippen LogP contribution in [0.25, 0.3) is 0 Å². The van der Waals surface area contributed by atoms with Crippen molar-refractivity contribution in [2.45, 2.75) is 5.16 Å². The summed E-state index contributed by atoms with van der Waals surface area (Å²) in [6.45, 7) is 0.546. The molecule has 0 atom stereocenters. The number of thioether (sulfide) groups is 1. The predicted octanol–water partition coefficient (Wildman–Crippen LogP) is 2.45. The van der Waals surface area contributed by atoms with E-state index in [9.17, 15) is 0 Å². The molecule has 0 radical (unpaired) electrons. The van der Waals surface area contributed by atoms with Crippen LogP contribution in [0.4, 0.5) is 0 Å². The molecule has 0 saturated heterocycles. The van der Waals surface area contributed by atoms with E-state index in [2.05, 4.69) is 16.0 Å². The van der Waals surface area contributed by atoms with E-state index in [1.165, 1.54) is 0 Å². The van der Waals surface area contributed by atoms with Crippen LogP contribution >= 0.6 is 11.8 Å². The van der Waals surface area contributed by atoms with Crippen LogP contribution in [0, 0.1) is 11.3 Å². The second kappa shape index (κ2) is 5.97. The van der Waals surface area contributed by atoms with Crippen molar-refractivity contribution in [3.8, 4) is 11.8 Å². The number of aromatic amines is 1. The number of nitrogens with one attached hydrogen (secondary N) is 1. The minimum atomic E-state index is 0.546. The number of hydrogen-bond donors (Lipinski definition) is 1. The number of rotatable bonds is 5. The molecule has 0 amide bonds. The van der Waals surface area contributed by atoms with E-state index in [1.807, 2.05) is 12.1 Å². The number of nitriles is 1. The number of aromatic nitrogens is 2. The molecule has 0 aliphatic heterocycles. The number of H-pyrrole nitrogens is 1. The summed E-state index contributed by atoms with van der Waals surface area (Å²) < 4.78 is 5.54. The van der Waals surface area contributed by atoms with Crippen molar-refractivity contribution in [2.75, 3.05) is 12.4 Å². The van der Waals surface area contributed by atoms with Gasteiger partial charge in [-0.05, 0) is 12.1 Å². The van der Waals surface area contributed by atoms with Crippen LogP contribution in [0.3, 0.4) is 0 Å². The van der Waals surface area contributed by atoms with Gasteiger partial charge in [0.1, 0.15) is 11.8 Å². The maximum absolute atomic E-state index is 8.87. The highest BCUT2D eigenvalue weighted by molar-refractivity contribution is 7.99. The molecule has 1 heterocycles. The van der Waals surface area contributed by atoms with Crippen LogP contribution in [0.5, 0.6) is 5.75 Å². The molecule has 2 aromatic rings. The van der Waals surface area contributed by atoms with Gasteiger partial charge in [0.2, 0.25) is 0 Å². The van der Waals surface area contributed by atoms with Crippen LogP contribution in [-0.4, -0.2) is 22.3 Å². The van der Waals surface area contributed by atoms with Gasteiger partial charge in [-0.25, -0.2) is 4.98 Å². The summed E-state index contributed by atoms with van der Waals surface area (Å²) in [4.78, 5) is 7.10. The summed E-state index contributed by atoms with van der Waals surface area (Å²) in [6.07, 6.45) is 3.50. The maximum Gasteiger partial charge on any atom is 0.165 e. The van der Waals surface area contributed by atoms with E-state index in [0.717, 1.165) is 10.9 Å². The molecule has 0 aliphatic rings. The van der Waals surface area contributed by atoms with Gasteiger partial charge in [0.05, 0.1) is 12.2 Å². The molecule has 2 rings (SSSR count). The number of imidazole rings is 1. The lowest BCUT2D eigenvalue weighted by Crippen LogP contribution is -2.01. The van der Waals surface area contributed by atoms with Crippen LogP contribution in [0.2, 0.25) is 0 Å². The molecular weight excluding hydrogens is 234 g/mol. The fourth-order valence-corrected chi connectivity index (χ4v) is 1.95. The van der Waals surface area contributed by atoms with Gasteiger partial charge >= 0.3 is 0 Å². The Morgan fingerprint density at radius 3 is 3.06 bits per heavy atom. The molecule has 1 aromatic heterocycles. The highest BCUT2D eigenvalue weighted by Crippen LogP contribution is 2.17. The zero-order valence-corrected chi connectivity index (χ0v) is 9.91. The van der Waals surface area contributed by atoms with E-state index in [0.29, 0.717) is 17.9 Å². The average molecular weight is 245 g/mol. The molecule has 0 fully saturated rings. The average Bonchev–Trinajstić information content (AvgIpc) is 2.88. The van der Waals surface area contributed by atoms with Crippen molar-refractivity contribution in [3.05, 3.63) is 42.2 Å². The summed E-state index contributed by atoms with van der Waals surface area (Å²) in [5, 5.41) is 9.75. The van der Waals surface area contributed by atoms with Crippen LogP contribution in [-0.2, 0) is 0 Å². The molecule has 86 valence electrons. The summed E-state index contributed by atoms with van der Waals surface area (Å²) in [5.74, 6) is 1.42. The van der Waals surface area contributed by atoms with Crippen molar-refractivity contribution >= 4 is 11.8 Å². The fourth-order valence-electron chi connectivity index (χ4n) is 1.30. The van der Waals surface area contributed by atoms with Gasteiger partial charge in [0, 0.05) is 18.1 Å². The quantitative estimate of drug-likeness (QED) is 0.649. The highest BCUT2D eigenvalue weighted by Gasteiger charge is 2.01. The SMILES string of the molecule is N#Cc1ccccc1OCCSc1ncc[nH]1. The Morgan fingerprint density at radius 1 is 1.41 bits per heavy atom. The summed E-state index contributed by atoms with van der Waals surface area (Å²) in [5.41, 5.74) is 0.565. The lowest BCUT2D eigenvalue weighted by atomic mass is 10.2. The van der Waals surface area contributed by atoms with Gasteiger partial charge in [-0.2, -0.15) is 5.26 Å². The van der Waals surface area contributed by atoms with Gasteiger partial charge in [0.25, 0.3) is 0 Å². The first-order valence-corrected chi connectivity index (χ1v) is 6.13. The van der Waals surface area contributed by atoms with Gasteiger partial charge in [0.15, 0.2) is 5.16 Å². The molecule has 0 aliphatic carbocycles. The van der Waals surface area contributed by atoms with E-state index >= 15 is 0 Å². The molecule has 0 saturated carbocycles. The zero-order valence-electron chi connectivity index (χ0n) is 9.09. The number of hydrogen-bond acceptors (Lipinski definition) is 4. The topological polar surface area (TPSA) is 61.7 Å².